The Morgan fingerprint density at radius 2 is 0.909 bits per heavy atom. The van der Waals surface area contributed by atoms with Gasteiger partial charge in [-0.1, -0.05) is 208 Å². The van der Waals surface area contributed by atoms with E-state index >= 15 is 0 Å². The standard InChI is InChI=1S/C64H45NO/c1-63(2)56-27-12-9-21-51(56)52-40-39-48(41-59(52)63)65(47-37-33-43(34-38-47)50-25-15-26-54-53-22-11-14-30-60(53)66-62(50)54)46-35-31-42(32-36-46)49-24-16-29-58-61(49)55-23-10-13-28-57(55)64(58,44-17-5-3-6-18-44)45-19-7-4-8-20-45/h3-41H,1-2H3/i31D,32D,33D,34D,35D,36D,37D,38D. The van der Waals surface area contributed by atoms with Gasteiger partial charge < -0.3 is 9.32 Å². The molecule has 10 aromatic carbocycles. The lowest BCUT2D eigenvalue weighted by Gasteiger charge is -2.34. The fourth-order valence-corrected chi connectivity index (χ4v) is 11.0. The van der Waals surface area contributed by atoms with Crippen LogP contribution >= 0.6 is 0 Å². The Kier molecular flexibility index (Phi) is 6.85. The SMILES string of the molecule is [2H]c1c([2H])c(N(c2ccc3c(c2)C(C)(C)c2ccccc2-3)c2c([2H])c([2H])c(-c3cccc4c3oc3ccccc34)c([2H])c2[2H])c([2H])c([2H])c1-c1cccc2c1-c1ccccc1C2(c1ccccc1)c1ccccc1. The summed E-state index contributed by atoms with van der Waals surface area (Å²) < 4.78 is 85.8. The first-order valence-corrected chi connectivity index (χ1v) is 22.4. The van der Waals surface area contributed by atoms with Crippen LogP contribution in [-0.2, 0) is 10.8 Å². The molecule has 0 fully saturated rings. The smallest absolute Gasteiger partial charge is 0.143 e. The van der Waals surface area contributed by atoms with E-state index in [2.05, 4.69) is 68.4 Å². The van der Waals surface area contributed by atoms with Crippen LogP contribution < -0.4 is 4.90 Å². The Balaban J connectivity index is 1.06. The molecule has 1 aromatic heterocycles. The highest BCUT2D eigenvalue weighted by Crippen LogP contribution is 2.58. The van der Waals surface area contributed by atoms with E-state index in [9.17, 15) is 11.0 Å². The third kappa shape index (κ3) is 5.55. The topological polar surface area (TPSA) is 16.4 Å². The van der Waals surface area contributed by atoms with Crippen LogP contribution in [0.5, 0.6) is 0 Å². The van der Waals surface area contributed by atoms with Crippen LogP contribution in [0.3, 0.4) is 0 Å². The van der Waals surface area contributed by atoms with Crippen molar-refractivity contribution in [3.8, 4) is 44.5 Å². The van der Waals surface area contributed by atoms with Crippen LogP contribution in [0.1, 0.15) is 58.2 Å². The molecule has 0 atom stereocenters. The zero-order chi connectivity index (χ0) is 50.9. The number of para-hydroxylation sites is 2. The molecule has 2 aliphatic carbocycles. The first-order valence-electron chi connectivity index (χ1n) is 26.4. The molecule has 0 radical (unpaired) electrons. The van der Waals surface area contributed by atoms with Crippen LogP contribution in [0.15, 0.2) is 241 Å². The molecule has 11 aromatic rings. The van der Waals surface area contributed by atoms with Gasteiger partial charge in [-0.2, -0.15) is 0 Å². The fourth-order valence-electron chi connectivity index (χ4n) is 11.0. The van der Waals surface area contributed by atoms with Crippen molar-refractivity contribution in [3.63, 3.8) is 0 Å². The number of fused-ring (bicyclic) bond motifs is 9. The quantitative estimate of drug-likeness (QED) is 0.159. The largest absolute Gasteiger partial charge is 0.455 e. The number of rotatable bonds is 7. The van der Waals surface area contributed by atoms with Gasteiger partial charge in [0.1, 0.15) is 11.2 Å². The van der Waals surface area contributed by atoms with Crippen molar-refractivity contribution in [2.45, 2.75) is 24.7 Å². The van der Waals surface area contributed by atoms with Crippen molar-refractivity contribution < 1.29 is 15.4 Å². The van der Waals surface area contributed by atoms with Gasteiger partial charge in [0.25, 0.3) is 0 Å². The lowest BCUT2D eigenvalue weighted by Crippen LogP contribution is -2.28. The van der Waals surface area contributed by atoms with Crippen molar-refractivity contribution in [2.24, 2.45) is 0 Å². The van der Waals surface area contributed by atoms with Crippen LogP contribution in [0, 0.1) is 0 Å². The predicted octanol–water partition coefficient (Wildman–Crippen LogP) is 17.1. The van der Waals surface area contributed by atoms with E-state index in [1.54, 1.807) is 12.1 Å². The summed E-state index contributed by atoms with van der Waals surface area (Å²) in [5.41, 5.74) is 10.6. The Morgan fingerprint density at radius 1 is 0.394 bits per heavy atom. The minimum Gasteiger partial charge on any atom is -0.455 e. The Hall–Kier alpha value is -8.20. The highest BCUT2D eigenvalue weighted by molar-refractivity contribution is 6.09. The van der Waals surface area contributed by atoms with Gasteiger partial charge in [0.15, 0.2) is 0 Å². The van der Waals surface area contributed by atoms with E-state index in [1.807, 2.05) is 121 Å². The molecule has 2 nitrogen and oxygen atoms in total. The molecule has 0 saturated heterocycles. The minimum atomic E-state index is -0.779. The molecule has 0 aliphatic heterocycles. The van der Waals surface area contributed by atoms with Crippen molar-refractivity contribution in [1.29, 1.82) is 0 Å². The highest BCUT2D eigenvalue weighted by Gasteiger charge is 2.46. The first kappa shape index (κ1) is 30.8. The number of benzene rings is 10. The van der Waals surface area contributed by atoms with Crippen LogP contribution in [0.2, 0.25) is 0 Å². The average Bonchev–Trinajstić information content (AvgIpc) is 4.06. The lowest BCUT2D eigenvalue weighted by atomic mass is 9.67. The molecule has 66 heavy (non-hydrogen) atoms. The lowest BCUT2D eigenvalue weighted by molar-refractivity contribution is 0.660. The number of hydrogen-bond acceptors (Lipinski definition) is 2. The summed E-state index contributed by atoms with van der Waals surface area (Å²) in [4.78, 5) is 1.41. The molecule has 2 heteroatoms. The van der Waals surface area contributed by atoms with E-state index < -0.39 is 35.0 Å². The summed E-state index contributed by atoms with van der Waals surface area (Å²) in [5.74, 6) is 0. The van der Waals surface area contributed by atoms with Gasteiger partial charge in [-0.25, -0.2) is 0 Å². The number of furan rings is 1. The van der Waals surface area contributed by atoms with Gasteiger partial charge in [-0.05, 0) is 115 Å². The monoisotopic (exact) mass is 851 g/mol. The Bertz CT molecular complexity index is 4070. The van der Waals surface area contributed by atoms with E-state index in [4.69, 9.17) is 4.42 Å². The summed E-state index contributed by atoms with van der Waals surface area (Å²) in [7, 11) is 0. The predicted molar refractivity (Wildman–Crippen MR) is 274 cm³/mol. The van der Waals surface area contributed by atoms with E-state index in [0.29, 0.717) is 28.0 Å². The van der Waals surface area contributed by atoms with Crippen LogP contribution in [0.25, 0.3) is 66.4 Å². The zero-order valence-corrected chi connectivity index (χ0v) is 36.3. The number of hydrogen-bond donors (Lipinski definition) is 0. The Morgan fingerprint density at radius 3 is 1.62 bits per heavy atom. The van der Waals surface area contributed by atoms with Gasteiger partial charge in [-0.3, -0.25) is 0 Å². The molecule has 2 aliphatic rings. The molecule has 0 N–H and O–H groups in total. The third-order valence-electron chi connectivity index (χ3n) is 13.9. The number of anilines is 3. The van der Waals surface area contributed by atoms with Gasteiger partial charge in [0.2, 0.25) is 0 Å². The molecule has 0 amide bonds. The molecular formula is C64H45NO. The van der Waals surface area contributed by atoms with Gasteiger partial charge in [-0.15, -0.1) is 0 Å². The van der Waals surface area contributed by atoms with E-state index in [0.717, 1.165) is 66.4 Å². The van der Waals surface area contributed by atoms with Crippen molar-refractivity contribution in [3.05, 3.63) is 270 Å². The summed E-state index contributed by atoms with van der Waals surface area (Å²) in [6.07, 6.45) is 0. The summed E-state index contributed by atoms with van der Waals surface area (Å²) >= 11 is 0. The van der Waals surface area contributed by atoms with Crippen molar-refractivity contribution in [2.75, 3.05) is 4.90 Å². The third-order valence-corrected chi connectivity index (χ3v) is 13.9. The molecule has 0 spiro atoms. The maximum Gasteiger partial charge on any atom is 0.143 e. The van der Waals surface area contributed by atoms with E-state index in [-0.39, 0.29) is 46.7 Å². The molecule has 13 rings (SSSR count). The summed E-state index contributed by atoms with van der Waals surface area (Å²) in [5, 5.41) is 1.62. The molecule has 0 saturated carbocycles. The maximum absolute atomic E-state index is 10.1. The van der Waals surface area contributed by atoms with Crippen LogP contribution in [-0.4, -0.2) is 0 Å². The maximum atomic E-state index is 10.1. The second-order valence-electron chi connectivity index (χ2n) is 17.7. The molecule has 0 bridgehead atoms. The Labute approximate surface area is 396 Å². The second kappa shape index (κ2) is 14.7. The normalized spacial score (nSPS) is 15.5. The van der Waals surface area contributed by atoms with Gasteiger partial charge in [0, 0.05) is 38.8 Å². The molecular weight excluding hydrogens is 799 g/mol. The second-order valence-corrected chi connectivity index (χ2v) is 17.7. The molecule has 0 unspecified atom stereocenters. The van der Waals surface area contributed by atoms with E-state index in [1.165, 1.54) is 4.90 Å². The van der Waals surface area contributed by atoms with Gasteiger partial charge >= 0.3 is 0 Å². The van der Waals surface area contributed by atoms with Crippen LogP contribution in [0.4, 0.5) is 17.1 Å². The van der Waals surface area contributed by atoms with Crippen molar-refractivity contribution in [1.82, 2.24) is 0 Å². The summed E-state index contributed by atoms with van der Waals surface area (Å²) in [6, 6.07) is 58.6. The first-order chi connectivity index (χ1) is 35.8. The minimum absolute atomic E-state index is 0.0362. The highest BCUT2D eigenvalue weighted by atomic mass is 16.3. The summed E-state index contributed by atoms with van der Waals surface area (Å²) in [6.45, 7) is 4.25. The van der Waals surface area contributed by atoms with Crippen molar-refractivity contribution >= 4 is 39.0 Å². The van der Waals surface area contributed by atoms with Gasteiger partial charge in [0.05, 0.1) is 16.4 Å². The number of nitrogens with zero attached hydrogens (tertiary/aromatic N) is 1. The average molecular weight is 852 g/mol. The zero-order valence-electron chi connectivity index (χ0n) is 44.3. The molecule has 312 valence electrons. The molecule has 1 heterocycles. The fraction of sp³-hybridized carbons (Fsp3) is 0.0625.